The third-order valence-corrected chi connectivity index (χ3v) is 6.30. The smallest absolute Gasteiger partial charge is 0.378 e. The predicted octanol–water partition coefficient (Wildman–Crippen LogP) is 6.09. The van der Waals surface area contributed by atoms with Gasteiger partial charge < -0.3 is 10.4 Å². The van der Waals surface area contributed by atoms with Crippen LogP contribution in [-0.4, -0.2) is 41.7 Å². The Bertz CT molecular complexity index is 1080. The number of benzene rings is 2. The molecule has 2 aromatic carbocycles. The highest BCUT2D eigenvalue weighted by atomic mass is 35.5. The van der Waals surface area contributed by atoms with Crippen molar-refractivity contribution in [3.8, 4) is 0 Å². The molecule has 1 aliphatic carbocycles. The SMILES string of the molecule is CC(C)(C)N=Cc1cc(C2(C(O)NCCC(F)(F)F)CCC2)ccc1NC(=O)c1cccc(Cl)c1. The van der Waals surface area contributed by atoms with E-state index in [-0.39, 0.29) is 18.0 Å². The summed E-state index contributed by atoms with van der Waals surface area (Å²) in [5.41, 5.74) is 1.29. The molecule has 1 atom stereocenters. The first-order valence-electron chi connectivity index (χ1n) is 11.5. The van der Waals surface area contributed by atoms with Crippen LogP contribution in [0.3, 0.4) is 0 Å². The minimum atomic E-state index is -4.29. The van der Waals surface area contributed by atoms with Crippen molar-refractivity contribution < 1.29 is 23.1 Å². The number of aliphatic imine (C=N–C) groups is 1. The van der Waals surface area contributed by atoms with E-state index in [4.69, 9.17) is 11.6 Å². The molecular formula is C26H31ClF3N3O2. The predicted molar refractivity (Wildman–Crippen MR) is 133 cm³/mol. The normalized spacial score (nSPS) is 16.7. The number of aliphatic hydroxyl groups is 1. The fourth-order valence-electron chi connectivity index (χ4n) is 4.00. The highest BCUT2D eigenvalue weighted by Crippen LogP contribution is 2.46. The number of nitrogens with zero attached hydrogens (tertiary/aromatic N) is 1. The fourth-order valence-corrected chi connectivity index (χ4v) is 4.19. The number of amides is 1. The molecule has 3 N–H and O–H groups in total. The van der Waals surface area contributed by atoms with Crippen molar-refractivity contribution in [3.05, 3.63) is 64.2 Å². The molecule has 1 unspecified atom stereocenters. The largest absolute Gasteiger partial charge is 0.390 e. The van der Waals surface area contributed by atoms with Crippen LogP contribution in [0.4, 0.5) is 18.9 Å². The molecule has 0 bridgehead atoms. The van der Waals surface area contributed by atoms with Gasteiger partial charge in [0.2, 0.25) is 0 Å². The van der Waals surface area contributed by atoms with E-state index in [1.54, 1.807) is 42.6 Å². The summed E-state index contributed by atoms with van der Waals surface area (Å²) in [5.74, 6) is -0.335. The van der Waals surface area contributed by atoms with E-state index in [1.807, 2.05) is 26.8 Å². The molecule has 1 saturated carbocycles. The first-order valence-corrected chi connectivity index (χ1v) is 11.9. The van der Waals surface area contributed by atoms with Gasteiger partial charge in [-0.25, -0.2) is 0 Å². The molecule has 0 saturated heterocycles. The maximum Gasteiger partial charge on any atom is 0.390 e. The second-order valence-corrected chi connectivity index (χ2v) is 10.4. The van der Waals surface area contributed by atoms with Gasteiger partial charge in [-0.05, 0) is 69.5 Å². The average Bonchev–Trinajstić information content (AvgIpc) is 2.71. The quantitative estimate of drug-likeness (QED) is 0.298. The highest BCUT2D eigenvalue weighted by Gasteiger charge is 2.45. The van der Waals surface area contributed by atoms with Crippen molar-refractivity contribution in [2.45, 2.75) is 69.8 Å². The first kappa shape index (κ1) is 27.2. The van der Waals surface area contributed by atoms with Gasteiger partial charge in [0.15, 0.2) is 0 Å². The molecule has 3 rings (SSSR count). The van der Waals surface area contributed by atoms with Crippen LogP contribution in [0.2, 0.25) is 5.02 Å². The number of halogens is 4. The van der Waals surface area contributed by atoms with E-state index in [0.717, 1.165) is 12.0 Å². The molecule has 0 heterocycles. The number of carbonyl (C=O) groups excluding carboxylic acids is 1. The topological polar surface area (TPSA) is 73.7 Å². The summed E-state index contributed by atoms with van der Waals surface area (Å²) in [7, 11) is 0. The van der Waals surface area contributed by atoms with Gasteiger partial charge in [-0.2, -0.15) is 13.2 Å². The molecule has 1 amide bonds. The summed E-state index contributed by atoms with van der Waals surface area (Å²) in [6, 6.07) is 12.0. The fraction of sp³-hybridized carbons (Fsp3) is 0.462. The van der Waals surface area contributed by atoms with Crippen molar-refractivity contribution in [3.63, 3.8) is 0 Å². The van der Waals surface area contributed by atoms with Gasteiger partial charge >= 0.3 is 6.18 Å². The number of alkyl halides is 3. The summed E-state index contributed by atoms with van der Waals surface area (Å²) in [5, 5.41) is 16.8. The van der Waals surface area contributed by atoms with Gasteiger partial charge in [0.25, 0.3) is 5.91 Å². The lowest BCUT2D eigenvalue weighted by Gasteiger charge is -2.46. The Morgan fingerprint density at radius 2 is 1.91 bits per heavy atom. The molecule has 0 spiro atoms. The molecule has 0 radical (unpaired) electrons. The Labute approximate surface area is 208 Å². The van der Waals surface area contributed by atoms with Crippen molar-refractivity contribution >= 4 is 29.4 Å². The molecule has 9 heteroatoms. The lowest BCUT2D eigenvalue weighted by Crippen LogP contribution is -2.53. The van der Waals surface area contributed by atoms with Crippen LogP contribution >= 0.6 is 11.6 Å². The molecule has 190 valence electrons. The zero-order valence-electron chi connectivity index (χ0n) is 20.0. The summed E-state index contributed by atoms with van der Waals surface area (Å²) >= 11 is 6.01. The van der Waals surface area contributed by atoms with Gasteiger partial charge in [0, 0.05) is 40.0 Å². The van der Waals surface area contributed by atoms with E-state index in [9.17, 15) is 23.1 Å². The van der Waals surface area contributed by atoms with Crippen LogP contribution in [0.1, 0.15) is 67.9 Å². The van der Waals surface area contributed by atoms with Crippen molar-refractivity contribution in [1.29, 1.82) is 0 Å². The molecule has 1 fully saturated rings. The minimum Gasteiger partial charge on any atom is -0.378 e. The number of carbonyl (C=O) groups is 1. The van der Waals surface area contributed by atoms with E-state index < -0.39 is 24.2 Å². The Morgan fingerprint density at radius 1 is 1.20 bits per heavy atom. The summed E-state index contributed by atoms with van der Waals surface area (Å²) in [6.07, 6.45) is -2.63. The van der Waals surface area contributed by atoms with Crippen LogP contribution in [0, 0.1) is 0 Å². The summed E-state index contributed by atoms with van der Waals surface area (Å²) < 4.78 is 37.7. The zero-order valence-corrected chi connectivity index (χ0v) is 20.8. The van der Waals surface area contributed by atoms with E-state index in [2.05, 4.69) is 15.6 Å². The maximum absolute atomic E-state index is 12.8. The van der Waals surface area contributed by atoms with Gasteiger partial charge in [-0.15, -0.1) is 0 Å². The Balaban J connectivity index is 1.90. The zero-order chi connectivity index (χ0) is 25.9. The van der Waals surface area contributed by atoms with Gasteiger partial charge in [0.05, 0.1) is 12.0 Å². The number of hydrogen-bond acceptors (Lipinski definition) is 4. The number of hydrogen-bond donors (Lipinski definition) is 3. The second kappa shape index (κ2) is 10.7. The molecule has 5 nitrogen and oxygen atoms in total. The number of rotatable bonds is 8. The lowest BCUT2D eigenvalue weighted by molar-refractivity contribution is -0.135. The monoisotopic (exact) mass is 509 g/mol. The third-order valence-electron chi connectivity index (χ3n) is 6.07. The van der Waals surface area contributed by atoms with Crippen molar-refractivity contribution in [1.82, 2.24) is 5.32 Å². The molecule has 35 heavy (non-hydrogen) atoms. The van der Waals surface area contributed by atoms with E-state index in [0.29, 0.717) is 34.7 Å². The number of anilines is 1. The second-order valence-electron chi connectivity index (χ2n) is 9.93. The highest BCUT2D eigenvalue weighted by molar-refractivity contribution is 6.31. The summed E-state index contributed by atoms with van der Waals surface area (Å²) in [4.78, 5) is 17.4. The molecule has 1 aliphatic rings. The molecule has 2 aromatic rings. The maximum atomic E-state index is 12.8. The standard InChI is InChI=1S/C26H31ClF3N3O2/c1-24(2,3)32-16-18-14-19(25(10-5-11-25)23(35)31-13-12-26(28,29)30)8-9-21(18)33-22(34)17-6-4-7-20(27)15-17/h4,6-9,14-16,23,31,35H,5,10-13H2,1-3H3,(H,33,34). The molecular weight excluding hydrogens is 479 g/mol. The molecule has 0 aliphatic heterocycles. The first-order chi connectivity index (χ1) is 16.3. The third kappa shape index (κ3) is 7.29. The minimum absolute atomic E-state index is 0.335. The van der Waals surface area contributed by atoms with Crippen LogP contribution in [0.15, 0.2) is 47.5 Å². The Hall–Kier alpha value is -2.42. The average molecular weight is 510 g/mol. The summed E-state index contributed by atoms with van der Waals surface area (Å²) in [6.45, 7) is 5.47. The van der Waals surface area contributed by atoms with Crippen LogP contribution in [0.25, 0.3) is 0 Å². The lowest BCUT2D eigenvalue weighted by atomic mass is 9.63. The van der Waals surface area contributed by atoms with E-state index in [1.165, 1.54) is 0 Å². The number of nitrogens with one attached hydrogen (secondary N) is 2. The molecule has 0 aromatic heterocycles. The van der Waals surface area contributed by atoms with Crippen LogP contribution < -0.4 is 10.6 Å². The van der Waals surface area contributed by atoms with Gasteiger partial charge in [-0.1, -0.05) is 30.2 Å². The van der Waals surface area contributed by atoms with Crippen molar-refractivity contribution in [2.75, 3.05) is 11.9 Å². The Morgan fingerprint density at radius 3 is 2.49 bits per heavy atom. The van der Waals surface area contributed by atoms with Gasteiger partial charge in [0.1, 0.15) is 6.23 Å². The van der Waals surface area contributed by atoms with E-state index >= 15 is 0 Å². The van der Waals surface area contributed by atoms with Crippen LogP contribution in [-0.2, 0) is 5.41 Å². The van der Waals surface area contributed by atoms with Crippen LogP contribution in [0.5, 0.6) is 0 Å². The van der Waals surface area contributed by atoms with Crippen molar-refractivity contribution in [2.24, 2.45) is 4.99 Å². The number of aliphatic hydroxyl groups excluding tert-OH is 1. The Kier molecular flexibility index (Phi) is 8.29. The van der Waals surface area contributed by atoms with Gasteiger partial charge in [-0.3, -0.25) is 15.1 Å².